The maximum Gasteiger partial charge on any atom is 0.323 e. The van der Waals surface area contributed by atoms with Gasteiger partial charge in [0.1, 0.15) is 30.8 Å². The fourth-order valence-electron chi connectivity index (χ4n) is 3.75. The van der Waals surface area contributed by atoms with Crippen molar-refractivity contribution in [3.05, 3.63) is 111 Å². The lowest BCUT2D eigenvalue weighted by Gasteiger charge is -2.18. The van der Waals surface area contributed by atoms with Gasteiger partial charge in [0.2, 0.25) is 0 Å². The number of hydrogen-bond donors (Lipinski definition) is 3. The lowest BCUT2D eigenvalue weighted by atomic mass is 10.0. The number of aliphatic carboxylic acids is 1. The Morgan fingerprint density at radius 3 is 2.44 bits per heavy atom. The van der Waals surface area contributed by atoms with Gasteiger partial charge in [-0.1, -0.05) is 66.2 Å². The Morgan fingerprint density at radius 1 is 0.974 bits per heavy atom. The molecule has 3 N–H and O–H groups in total. The topological polar surface area (TPSA) is 101 Å². The number of carboxylic acid groups (broad SMARTS) is 1. The number of hydrogen-bond acceptors (Lipinski definition) is 6. The number of halogens is 3. The number of carboxylic acids is 1. The third kappa shape index (κ3) is 8.17. The van der Waals surface area contributed by atoms with Crippen LogP contribution in [0.4, 0.5) is 0 Å². The maximum atomic E-state index is 11.3. The summed E-state index contributed by atoms with van der Waals surface area (Å²) in [7, 11) is 0. The van der Waals surface area contributed by atoms with E-state index in [1.807, 2.05) is 60.7 Å². The van der Waals surface area contributed by atoms with Crippen LogP contribution in [0.15, 0.2) is 89.7 Å². The van der Waals surface area contributed by atoms with E-state index in [0.29, 0.717) is 22.1 Å². The van der Waals surface area contributed by atoms with Crippen molar-refractivity contribution in [1.29, 1.82) is 0 Å². The molecule has 204 valence electrons. The number of ether oxygens (including phenoxy) is 2. The van der Waals surface area contributed by atoms with Crippen LogP contribution in [0, 0.1) is 0 Å². The molecule has 0 unspecified atom stereocenters. The van der Waals surface area contributed by atoms with Gasteiger partial charge in [-0.2, -0.15) is 0 Å². The number of benzene rings is 3. The Balaban J connectivity index is 0.00000420. The highest BCUT2D eigenvalue weighted by molar-refractivity contribution is 9.10. The minimum absolute atomic E-state index is 0. The van der Waals surface area contributed by atoms with E-state index in [2.05, 4.69) is 26.2 Å². The van der Waals surface area contributed by atoms with Gasteiger partial charge in [-0.3, -0.25) is 15.1 Å². The van der Waals surface area contributed by atoms with E-state index >= 15 is 0 Å². The summed E-state index contributed by atoms with van der Waals surface area (Å²) in [5.74, 6) is -0.259. The molecule has 1 atom stereocenters. The molecular formula is C29H27BrCl2N2O5. The monoisotopic (exact) mass is 632 g/mol. The van der Waals surface area contributed by atoms with Gasteiger partial charge in [-0.25, -0.2) is 0 Å². The fraction of sp³-hybridized carbons (Fsp3) is 0.172. The van der Waals surface area contributed by atoms with E-state index < -0.39 is 18.6 Å². The molecule has 0 amide bonds. The van der Waals surface area contributed by atoms with E-state index in [1.165, 1.54) is 0 Å². The molecule has 0 aliphatic rings. The van der Waals surface area contributed by atoms with Crippen molar-refractivity contribution >= 4 is 45.9 Å². The lowest BCUT2D eigenvalue weighted by Crippen LogP contribution is -2.39. The zero-order valence-corrected chi connectivity index (χ0v) is 23.9. The molecule has 1 heterocycles. The first kappa shape index (κ1) is 30.4. The molecule has 0 fully saturated rings. The number of aliphatic hydroxyl groups is 1. The van der Waals surface area contributed by atoms with Crippen molar-refractivity contribution in [3.63, 3.8) is 0 Å². The van der Waals surface area contributed by atoms with E-state index in [0.717, 1.165) is 26.7 Å². The van der Waals surface area contributed by atoms with Gasteiger partial charge < -0.3 is 19.7 Å². The van der Waals surface area contributed by atoms with E-state index in [-0.39, 0.29) is 32.2 Å². The molecule has 0 saturated carbocycles. The second-order valence-corrected chi connectivity index (χ2v) is 9.63. The summed E-state index contributed by atoms with van der Waals surface area (Å²) >= 11 is 10.3. The minimum atomic E-state index is -1.15. The standard InChI is InChI=1S/C29H26BrClN2O5.ClH/c30-28-21(9-4-10-23(28)20-7-2-1-3-8-20)18-38-27-13-26(37-17-19-6-5-11-32-14-19)22(12-24(27)31)15-33-25(16-34)29(35)36;/h1-14,25,33-34H,15-18H2,(H,35,36);1H/t25-;/m0./s1. The van der Waals surface area contributed by atoms with Gasteiger partial charge in [-0.15, -0.1) is 12.4 Å². The van der Waals surface area contributed by atoms with Gasteiger partial charge in [0.05, 0.1) is 11.6 Å². The first-order chi connectivity index (χ1) is 18.5. The van der Waals surface area contributed by atoms with E-state index in [1.54, 1.807) is 24.5 Å². The molecule has 7 nitrogen and oxygen atoms in total. The number of nitrogens with one attached hydrogen (secondary N) is 1. The summed E-state index contributed by atoms with van der Waals surface area (Å²) in [5.41, 5.74) is 4.57. The van der Waals surface area contributed by atoms with E-state index in [9.17, 15) is 15.0 Å². The molecule has 4 rings (SSSR count). The Hall–Kier alpha value is -3.14. The normalized spacial score (nSPS) is 11.4. The van der Waals surface area contributed by atoms with Crippen LogP contribution in [0.2, 0.25) is 5.02 Å². The number of carbonyl (C=O) groups is 1. The Bertz CT molecular complexity index is 1380. The molecule has 39 heavy (non-hydrogen) atoms. The van der Waals surface area contributed by atoms with Crippen LogP contribution in [0.5, 0.6) is 11.5 Å². The van der Waals surface area contributed by atoms with Gasteiger partial charge in [0, 0.05) is 46.2 Å². The second kappa shape index (κ2) is 14.9. The Labute approximate surface area is 246 Å². The summed E-state index contributed by atoms with van der Waals surface area (Å²) in [6.07, 6.45) is 3.38. The number of aromatic nitrogens is 1. The lowest BCUT2D eigenvalue weighted by molar-refractivity contribution is -0.140. The van der Waals surface area contributed by atoms with Crippen LogP contribution in [0.3, 0.4) is 0 Å². The van der Waals surface area contributed by atoms with Crippen LogP contribution < -0.4 is 14.8 Å². The predicted octanol–water partition coefficient (Wildman–Crippen LogP) is 6.28. The largest absolute Gasteiger partial charge is 0.488 e. The molecule has 0 saturated heterocycles. The van der Waals surface area contributed by atoms with Gasteiger partial charge >= 0.3 is 5.97 Å². The Morgan fingerprint density at radius 2 is 1.74 bits per heavy atom. The summed E-state index contributed by atoms with van der Waals surface area (Å²) in [4.78, 5) is 15.4. The molecule has 0 radical (unpaired) electrons. The van der Waals surface area contributed by atoms with E-state index in [4.69, 9.17) is 21.1 Å². The molecule has 10 heteroatoms. The highest BCUT2D eigenvalue weighted by Crippen LogP contribution is 2.36. The Kier molecular flexibility index (Phi) is 11.6. The maximum absolute atomic E-state index is 11.3. The molecular weight excluding hydrogens is 607 g/mol. The molecule has 1 aromatic heterocycles. The molecule has 0 aliphatic heterocycles. The van der Waals surface area contributed by atoms with Crippen molar-refractivity contribution in [2.24, 2.45) is 0 Å². The number of pyridine rings is 1. The number of aliphatic hydroxyl groups excluding tert-OH is 1. The zero-order chi connectivity index (χ0) is 26.9. The summed E-state index contributed by atoms with van der Waals surface area (Å²) in [6.45, 7) is 0.0682. The molecule has 3 aromatic carbocycles. The zero-order valence-electron chi connectivity index (χ0n) is 20.7. The summed E-state index contributed by atoms with van der Waals surface area (Å²) < 4.78 is 13.1. The summed E-state index contributed by atoms with van der Waals surface area (Å²) in [6, 6.07) is 22.0. The highest BCUT2D eigenvalue weighted by atomic mass is 79.9. The second-order valence-electron chi connectivity index (χ2n) is 8.43. The van der Waals surface area contributed by atoms with Crippen molar-refractivity contribution in [1.82, 2.24) is 10.3 Å². The quantitative estimate of drug-likeness (QED) is 0.169. The van der Waals surface area contributed by atoms with Crippen LogP contribution in [0.1, 0.15) is 16.7 Å². The average molecular weight is 634 g/mol. The van der Waals surface area contributed by atoms with Gasteiger partial charge in [0.15, 0.2) is 0 Å². The summed E-state index contributed by atoms with van der Waals surface area (Å²) in [5, 5.41) is 21.8. The fourth-order valence-corrected chi connectivity index (χ4v) is 4.60. The first-order valence-corrected chi connectivity index (χ1v) is 13.0. The predicted molar refractivity (Wildman–Crippen MR) is 157 cm³/mol. The minimum Gasteiger partial charge on any atom is -0.488 e. The molecule has 0 aliphatic carbocycles. The van der Waals surface area contributed by atoms with Crippen molar-refractivity contribution in [2.75, 3.05) is 6.61 Å². The van der Waals surface area contributed by atoms with Gasteiger partial charge in [-0.05, 0) is 39.2 Å². The van der Waals surface area contributed by atoms with Crippen molar-refractivity contribution < 1.29 is 24.5 Å². The first-order valence-electron chi connectivity index (χ1n) is 11.8. The van der Waals surface area contributed by atoms with Crippen LogP contribution in [-0.4, -0.2) is 33.8 Å². The average Bonchev–Trinajstić information content (AvgIpc) is 2.93. The number of rotatable bonds is 12. The van der Waals surface area contributed by atoms with Crippen LogP contribution in [0.25, 0.3) is 11.1 Å². The molecule has 0 bridgehead atoms. The van der Waals surface area contributed by atoms with Crippen molar-refractivity contribution in [3.8, 4) is 22.6 Å². The smallest absolute Gasteiger partial charge is 0.323 e. The third-order valence-corrected chi connectivity index (χ3v) is 7.03. The molecule has 0 spiro atoms. The number of nitrogens with zero attached hydrogens (tertiary/aromatic N) is 1. The highest BCUT2D eigenvalue weighted by Gasteiger charge is 2.18. The molecule has 4 aromatic rings. The van der Waals surface area contributed by atoms with Crippen LogP contribution in [-0.2, 0) is 24.6 Å². The van der Waals surface area contributed by atoms with Crippen LogP contribution >= 0.6 is 39.9 Å². The SMILES string of the molecule is Cl.O=C(O)[C@H](CO)NCc1cc(Cl)c(OCc2cccc(-c3ccccc3)c2Br)cc1OCc1cccnc1. The third-order valence-electron chi connectivity index (χ3n) is 5.80. The van der Waals surface area contributed by atoms with Crippen molar-refractivity contribution in [2.45, 2.75) is 25.8 Å². The van der Waals surface area contributed by atoms with Gasteiger partial charge in [0.25, 0.3) is 0 Å².